The second-order valence-electron chi connectivity index (χ2n) is 8.81. The number of methoxy groups -OCH3 is 1. The van der Waals surface area contributed by atoms with Gasteiger partial charge in [0.2, 0.25) is 0 Å². The molecule has 3 heterocycles. The molecule has 3 N–H and O–H groups in total. The zero-order valence-electron chi connectivity index (χ0n) is 20.4. The zero-order chi connectivity index (χ0) is 25.5. The highest BCUT2D eigenvalue weighted by Crippen LogP contribution is 2.33. The molecule has 1 aromatic heterocycles. The normalized spacial score (nSPS) is 19.9. The maximum absolute atomic E-state index is 12.9. The molecule has 2 aliphatic rings. The van der Waals surface area contributed by atoms with E-state index in [1.54, 1.807) is 30.6 Å². The van der Waals surface area contributed by atoms with E-state index in [4.69, 9.17) is 38.0 Å². The van der Waals surface area contributed by atoms with Gasteiger partial charge in [0.15, 0.2) is 5.75 Å². The van der Waals surface area contributed by atoms with Gasteiger partial charge in [0.1, 0.15) is 17.3 Å². The first kappa shape index (κ1) is 26.2. The Labute approximate surface area is 221 Å². The van der Waals surface area contributed by atoms with Gasteiger partial charge in [-0.2, -0.15) is 0 Å². The maximum atomic E-state index is 12.9. The Bertz CT molecular complexity index is 1140. The van der Waals surface area contributed by atoms with Crippen LogP contribution in [0.25, 0.3) is 0 Å². The number of carbonyl (C=O) groups excluding carboxylic acids is 1. The van der Waals surface area contributed by atoms with Crippen LogP contribution in [0, 0.1) is 5.92 Å². The smallest absolute Gasteiger partial charge is 0.256 e. The molecule has 1 amide bonds. The molecule has 2 aromatic rings. The minimum Gasteiger partial charge on any atom is -0.493 e. The average Bonchev–Trinajstić information content (AvgIpc) is 2.89. The number of halogens is 1. The number of pyridine rings is 1. The minimum absolute atomic E-state index is 0.0283. The third-order valence-corrected chi connectivity index (χ3v) is 6.85. The first-order valence-electron chi connectivity index (χ1n) is 12.0. The zero-order valence-corrected chi connectivity index (χ0v) is 22.0. The van der Waals surface area contributed by atoms with Crippen molar-refractivity contribution in [2.75, 3.05) is 32.2 Å². The molecule has 0 spiro atoms. The monoisotopic (exact) mass is 530 g/mol. The van der Waals surface area contributed by atoms with Crippen molar-refractivity contribution in [1.82, 2.24) is 15.6 Å². The third kappa shape index (κ3) is 6.27. The number of nitrogens with one attached hydrogen (secondary N) is 3. The fourth-order valence-corrected chi connectivity index (χ4v) is 4.85. The quantitative estimate of drug-likeness (QED) is 0.414. The van der Waals surface area contributed by atoms with Crippen LogP contribution in [0.4, 0.5) is 5.69 Å². The van der Waals surface area contributed by atoms with Crippen LogP contribution in [-0.4, -0.2) is 48.9 Å². The number of benzene rings is 1. The summed E-state index contributed by atoms with van der Waals surface area (Å²) < 4.78 is 17.3. The molecule has 0 bridgehead atoms. The van der Waals surface area contributed by atoms with Crippen LogP contribution in [0.2, 0.25) is 5.02 Å². The molecule has 2 unspecified atom stereocenters. The summed E-state index contributed by atoms with van der Waals surface area (Å²) in [6.07, 6.45) is 6.79. The van der Waals surface area contributed by atoms with Gasteiger partial charge in [-0.25, -0.2) is 0 Å². The molecule has 1 saturated heterocycles. The summed E-state index contributed by atoms with van der Waals surface area (Å²) in [4.78, 5) is 17.4. The number of rotatable bonds is 9. The lowest BCUT2D eigenvalue weighted by atomic mass is 9.97. The van der Waals surface area contributed by atoms with E-state index in [1.165, 1.54) is 7.11 Å². The molecular weight excluding hydrogens is 500 g/mol. The molecule has 4 rings (SSSR count). The number of hydrogen-bond donors (Lipinski definition) is 3. The molecule has 0 aliphatic carbocycles. The molecule has 36 heavy (non-hydrogen) atoms. The lowest BCUT2D eigenvalue weighted by molar-refractivity contribution is -0.117. The van der Waals surface area contributed by atoms with Gasteiger partial charge in [0, 0.05) is 43.1 Å². The summed E-state index contributed by atoms with van der Waals surface area (Å²) in [5, 5.41) is 9.94. The molecule has 2 atom stereocenters. The minimum atomic E-state index is -0.241. The van der Waals surface area contributed by atoms with Crippen molar-refractivity contribution in [3.63, 3.8) is 0 Å². The van der Waals surface area contributed by atoms with Gasteiger partial charge in [0.25, 0.3) is 5.91 Å². The largest absolute Gasteiger partial charge is 0.493 e. The van der Waals surface area contributed by atoms with Gasteiger partial charge in [0.05, 0.1) is 35.7 Å². The highest BCUT2D eigenvalue weighted by molar-refractivity contribution is 7.81. The third-order valence-electron chi connectivity index (χ3n) is 6.24. The van der Waals surface area contributed by atoms with Gasteiger partial charge >= 0.3 is 0 Å². The SMILES string of the molecule is COc1c(Cl)cccc1NC(=S)C1=C(NCc2ccncc2OCC2CCCCO2)C(C)CNC1=O. The Hall–Kier alpha value is -2.88. The van der Waals surface area contributed by atoms with Crippen molar-refractivity contribution in [1.29, 1.82) is 0 Å². The second-order valence-corrected chi connectivity index (χ2v) is 9.63. The predicted octanol–water partition coefficient (Wildman–Crippen LogP) is 4.24. The predicted molar refractivity (Wildman–Crippen MR) is 144 cm³/mol. The standard InChI is InChI=1S/C26H31ClN4O4S/c1-16-12-30-25(32)22(26(36)31-20-8-5-7-19(27)24(20)33-2)23(16)29-13-17-9-10-28-14-21(17)35-15-18-6-3-4-11-34-18/h5,7-10,14,16,18,29H,3-4,6,11-13,15H2,1-2H3,(H,30,32)(H,31,36). The number of nitrogens with zero attached hydrogens (tertiary/aromatic N) is 1. The Morgan fingerprint density at radius 3 is 2.97 bits per heavy atom. The van der Waals surface area contributed by atoms with E-state index in [0.29, 0.717) is 47.5 Å². The first-order valence-corrected chi connectivity index (χ1v) is 12.8. The summed E-state index contributed by atoms with van der Waals surface area (Å²) in [6.45, 7) is 4.26. The van der Waals surface area contributed by atoms with E-state index in [9.17, 15) is 4.79 Å². The van der Waals surface area contributed by atoms with Gasteiger partial charge < -0.3 is 30.2 Å². The molecule has 1 aromatic carbocycles. The fraction of sp³-hybridized carbons (Fsp3) is 0.423. The number of ether oxygens (including phenoxy) is 3. The summed E-state index contributed by atoms with van der Waals surface area (Å²) in [5.41, 5.74) is 2.66. The van der Waals surface area contributed by atoms with Gasteiger partial charge in [-0.15, -0.1) is 0 Å². The molecule has 2 aliphatic heterocycles. The van der Waals surface area contributed by atoms with E-state index in [-0.39, 0.29) is 22.9 Å². The van der Waals surface area contributed by atoms with Crippen LogP contribution >= 0.6 is 23.8 Å². The topological polar surface area (TPSA) is 93.7 Å². The Morgan fingerprint density at radius 1 is 1.33 bits per heavy atom. The van der Waals surface area contributed by atoms with Crippen molar-refractivity contribution in [2.24, 2.45) is 5.92 Å². The van der Waals surface area contributed by atoms with Gasteiger partial charge in [-0.3, -0.25) is 9.78 Å². The molecule has 1 fully saturated rings. The van der Waals surface area contributed by atoms with Crippen molar-refractivity contribution in [2.45, 2.75) is 38.8 Å². The van der Waals surface area contributed by atoms with Crippen LogP contribution in [-0.2, 0) is 16.1 Å². The molecule has 0 radical (unpaired) electrons. The van der Waals surface area contributed by atoms with E-state index in [1.807, 2.05) is 13.0 Å². The second kappa shape index (κ2) is 12.4. The molecule has 8 nitrogen and oxygen atoms in total. The Balaban J connectivity index is 1.52. The van der Waals surface area contributed by atoms with Crippen molar-refractivity contribution >= 4 is 40.4 Å². The van der Waals surface area contributed by atoms with E-state index in [2.05, 4.69) is 20.9 Å². The van der Waals surface area contributed by atoms with Crippen molar-refractivity contribution in [3.05, 3.63) is 58.5 Å². The highest BCUT2D eigenvalue weighted by atomic mass is 35.5. The lowest BCUT2D eigenvalue weighted by Gasteiger charge is -2.28. The van der Waals surface area contributed by atoms with Gasteiger partial charge in [-0.05, 0) is 37.5 Å². The number of anilines is 1. The fourth-order valence-electron chi connectivity index (χ4n) is 4.29. The first-order chi connectivity index (χ1) is 17.5. The molecular formula is C26H31ClN4O4S. The summed E-state index contributed by atoms with van der Waals surface area (Å²) in [7, 11) is 1.53. The molecule has 10 heteroatoms. The molecule has 192 valence electrons. The average molecular weight is 531 g/mol. The van der Waals surface area contributed by atoms with E-state index in [0.717, 1.165) is 37.1 Å². The van der Waals surface area contributed by atoms with E-state index < -0.39 is 0 Å². The van der Waals surface area contributed by atoms with Crippen LogP contribution in [0.5, 0.6) is 11.5 Å². The highest BCUT2D eigenvalue weighted by Gasteiger charge is 2.29. The summed E-state index contributed by atoms with van der Waals surface area (Å²) >= 11 is 11.9. The Kier molecular flexibility index (Phi) is 9.01. The number of para-hydroxylation sites is 1. The summed E-state index contributed by atoms with van der Waals surface area (Å²) in [6, 6.07) is 7.22. The number of amides is 1. The summed E-state index contributed by atoms with van der Waals surface area (Å²) in [5.74, 6) is 0.940. The number of hydrogen-bond acceptors (Lipinski definition) is 7. The van der Waals surface area contributed by atoms with Crippen LogP contribution in [0.1, 0.15) is 31.7 Å². The van der Waals surface area contributed by atoms with Crippen LogP contribution < -0.4 is 25.4 Å². The number of carbonyl (C=O) groups is 1. The van der Waals surface area contributed by atoms with Crippen molar-refractivity contribution in [3.8, 4) is 11.5 Å². The van der Waals surface area contributed by atoms with Crippen molar-refractivity contribution < 1.29 is 19.0 Å². The van der Waals surface area contributed by atoms with Gasteiger partial charge in [-0.1, -0.05) is 36.8 Å². The van der Waals surface area contributed by atoms with E-state index >= 15 is 0 Å². The molecule has 0 saturated carbocycles. The maximum Gasteiger partial charge on any atom is 0.256 e. The number of aromatic nitrogens is 1. The van der Waals surface area contributed by atoms with Crippen LogP contribution in [0.3, 0.4) is 0 Å². The van der Waals surface area contributed by atoms with Crippen LogP contribution in [0.15, 0.2) is 47.9 Å². The number of thiocarbonyl (C=S) groups is 1. The lowest BCUT2D eigenvalue weighted by Crippen LogP contribution is -2.43. The Morgan fingerprint density at radius 2 is 2.19 bits per heavy atom.